The summed E-state index contributed by atoms with van der Waals surface area (Å²) in [5.74, 6) is -4.93. The summed E-state index contributed by atoms with van der Waals surface area (Å²) in [7, 11) is 3.74. The van der Waals surface area contributed by atoms with Gasteiger partial charge < -0.3 is 24.9 Å². The number of carbonyl (C=O) groups excluding carboxylic acids is 1. The predicted octanol–water partition coefficient (Wildman–Crippen LogP) is 2.93. The van der Waals surface area contributed by atoms with E-state index < -0.39 is 24.3 Å². The lowest BCUT2D eigenvalue weighted by atomic mass is 9.92. The lowest BCUT2D eigenvalue weighted by molar-refractivity contribution is -0.193. The van der Waals surface area contributed by atoms with Crippen LogP contribution in [0.1, 0.15) is 39.5 Å². The molecule has 0 aromatic carbocycles. The molecule has 0 saturated carbocycles. The van der Waals surface area contributed by atoms with E-state index in [1.165, 1.54) is 25.9 Å². The number of halogens is 6. The highest BCUT2D eigenvalue weighted by Gasteiger charge is 2.39. The molecule has 0 spiro atoms. The summed E-state index contributed by atoms with van der Waals surface area (Å²) >= 11 is 0. The average Bonchev–Trinajstić information content (AvgIpc) is 2.73. The molecule has 0 aliphatic carbocycles. The highest BCUT2D eigenvalue weighted by atomic mass is 19.4. The molecule has 2 saturated heterocycles. The van der Waals surface area contributed by atoms with Gasteiger partial charge in [-0.25, -0.2) is 9.59 Å². The Hall–Kier alpha value is -2.09. The molecule has 2 N–H and O–H groups in total. The fourth-order valence-corrected chi connectivity index (χ4v) is 3.64. The van der Waals surface area contributed by atoms with Crippen molar-refractivity contribution in [3.63, 3.8) is 0 Å². The van der Waals surface area contributed by atoms with Crippen LogP contribution < -0.4 is 0 Å². The zero-order chi connectivity index (χ0) is 26.9. The van der Waals surface area contributed by atoms with Gasteiger partial charge in [-0.15, -0.1) is 0 Å². The fourth-order valence-electron chi connectivity index (χ4n) is 3.64. The first-order chi connectivity index (χ1) is 15.4. The number of carbonyl (C=O) groups is 3. The maximum absolute atomic E-state index is 12.0. The molecule has 0 unspecified atom stereocenters. The van der Waals surface area contributed by atoms with Gasteiger partial charge in [0.05, 0.1) is 0 Å². The molecule has 0 atom stereocenters. The second kappa shape index (κ2) is 13.7. The summed E-state index contributed by atoms with van der Waals surface area (Å²) in [6.07, 6.45) is -5.49. The van der Waals surface area contributed by atoms with E-state index in [0.717, 1.165) is 32.0 Å². The van der Waals surface area contributed by atoms with E-state index >= 15 is 0 Å². The fraction of sp³-hybridized carbons (Fsp3) is 0.850. The Morgan fingerprint density at radius 1 is 0.794 bits per heavy atom. The lowest BCUT2D eigenvalue weighted by Crippen LogP contribution is -2.50. The molecule has 8 nitrogen and oxygen atoms in total. The molecule has 2 aliphatic heterocycles. The Morgan fingerprint density at radius 3 is 1.41 bits per heavy atom. The number of carboxylic acid groups (broad SMARTS) is 2. The smallest absolute Gasteiger partial charge is 0.475 e. The summed E-state index contributed by atoms with van der Waals surface area (Å²) in [4.78, 5) is 36.8. The Morgan fingerprint density at radius 2 is 1.15 bits per heavy atom. The molecule has 34 heavy (non-hydrogen) atoms. The molecule has 0 aromatic heterocycles. The lowest BCUT2D eigenvalue weighted by Gasteiger charge is -2.42. The maximum atomic E-state index is 12.0. The van der Waals surface area contributed by atoms with Crippen LogP contribution in [0.5, 0.6) is 0 Å². The molecule has 2 rings (SSSR count). The summed E-state index contributed by atoms with van der Waals surface area (Å²) in [6.45, 7) is 9.27. The molecule has 1 amide bonds. The first-order valence-corrected chi connectivity index (χ1v) is 10.7. The zero-order valence-corrected chi connectivity index (χ0v) is 19.6. The minimum atomic E-state index is -5.08. The first kappa shape index (κ1) is 31.9. The standard InChI is InChI=1S/C16H31N3O.2C2HF3O2/c1-13(2)18-11-7-15(8-12-18)19-9-5-14(6-10-19)16(20)17(3)4;2*3-2(4,5)1(6)7/h13-15H,5-12H2,1-4H3;2*(H,6,7). The molecule has 2 aliphatic rings. The number of carboxylic acids is 2. The van der Waals surface area contributed by atoms with E-state index in [2.05, 4.69) is 23.6 Å². The largest absolute Gasteiger partial charge is 0.490 e. The third kappa shape index (κ3) is 11.9. The SMILES string of the molecule is CC(C)N1CCC(N2CCC(C(=O)N(C)C)CC2)CC1.O=C(O)C(F)(F)F.O=C(O)C(F)(F)F. The Bertz CT molecular complexity index is 630. The van der Waals surface area contributed by atoms with E-state index in [0.29, 0.717) is 11.9 Å². The normalized spacial score (nSPS) is 18.9. The average molecular weight is 509 g/mol. The number of amides is 1. The molecule has 2 heterocycles. The summed E-state index contributed by atoms with van der Waals surface area (Å²) in [5, 5.41) is 14.2. The Kier molecular flexibility index (Phi) is 12.9. The van der Waals surface area contributed by atoms with Gasteiger partial charge in [-0.05, 0) is 65.7 Å². The van der Waals surface area contributed by atoms with E-state index in [4.69, 9.17) is 19.8 Å². The minimum Gasteiger partial charge on any atom is -0.475 e. The predicted molar refractivity (Wildman–Crippen MR) is 110 cm³/mol. The highest BCUT2D eigenvalue weighted by Crippen LogP contribution is 2.25. The van der Waals surface area contributed by atoms with Crippen molar-refractivity contribution >= 4 is 17.8 Å². The van der Waals surface area contributed by atoms with Gasteiger partial charge in [0.2, 0.25) is 5.91 Å². The van der Waals surface area contributed by atoms with Crippen molar-refractivity contribution in [2.24, 2.45) is 5.92 Å². The van der Waals surface area contributed by atoms with Crippen LogP contribution >= 0.6 is 0 Å². The van der Waals surface area contributed by atoms with Gasteiger partial charge in [-0.2, -0.15) is 26.3 Å². The molecule has 2 fully saturated rings. The van der Waals surface area contributed by atoms with E-state index in [9.17, 15) is 31.1 Å². The van der Waals surface area contributed by atoms with Gasteiger partial charge in [-0.3, -0.25) is 4.79 Å². The number of piperidine rings is 2. The quantitative estimate of drug-likeness (QED) is 0.565. The van der Waals surface area contributed by atoms with Gasteiger partial charge in [0.15, 0.2) is 0 Å². The van der Waals surface area contributed by atoms with Crippen molar-refractivity contribution in [1.82, 2.24) is 14.7 Å². The van der Waals surface area contributed by atoms with Gasteiger partial charge in [0, 0.05) is 32.1 Å². The summed E-state index contributed by atoms with van der Waals surface area (Å²) in [5.41, 5.74) is 0. The maximum Gasteiger partial charge on any atom is 0.490 e. The third-order valence-corrected chi connectivity index (χ3v) is 5.55. The van der Waals surface area contributed by atoms with Crippen molar-refractivity contribution in [2.45, 2.75) is 64.0 Å². The third-order valence-electron chi connectivity index (χ3n) is 5.55. The Labute approximate surface area is 194 Å². The monoisotopic (exact) mass is 509 g/mol. The van der Waals surface area contributed by atoms with Gasteiger partial charge in [0.25, 0.3) is 0 Å². The molecule has 0 aromatic rings. The van der Waals surface area contributed by atoms with E-state index in [1.807, 2.05) is 14.1 Å². The summed E-state index contributed by atoms with van der Waals surface area (Å²) < 4.78 is 63.5. The highest BCUT2D eigenvalue weighted by molar-refractivity contribution is 5.78. The number of hydrogen-bond donors (Lipinski definition) is 2. The van der Waals surface area contributed by atoms with Crippen LogP contribution in [0.25, 0.3) is 0 Å². The minimum absolute atomic E-state index is 0.261. The molecular formula is C20H33F6N3O5. The number of nitrogens with zero attached hydrogens (tertiary/aromatic N) is 3. The molecule has 14 heteroatoms. The van der Waals surface area contributed by atoms with Crippen LogP contribution in [0, 0.1) is 5.92 Å². The van der Waals surface area contributed by atoms with E-state index in [-0.39, 0.29) is 5.92 Å². The number of likely N-dealkylation sites (tertiary alicyclic amines) is 2. The van der Waals surface area contributed by atoms with Crippen LogP contribution in [0.15, 0.2) is 0 Å². The molecule has 0 bridgehead atoms. The second-order valence-corrected chi connectivity index (χ2v) is 8.51. The van der Waals surface area contributed by atoms with Gasteiger partial charge in [0.1, 0.15) is 0 Å². The van der Waals surface area contributed by atoms with Crippen molar-refractivity contribution in [3.8, 4) is 0 Å². The number of alkyl halides is 6. The molecule has 0 radical (unpaired) electrons. The Balaban J connectivity index is 0.000000642. The van der Waals surface area contributed by atoms with Crippen LogP contribution in [0.2, 0.25) is 0 Å². The zero-order valence-electron chi connectivity index (χ0n) is 19.6. The van der Waals surface area contributed by atoms with Crippen LogP contribution in [0.3, 0.4) is 0 Å². The van der Waals surface area contributed by atoms with Crippen molar-refractivity contribution < 1.29 is 50.9 Å². The number of rotatable bonds is 3. The first-order valence-electron chi connectivity index (χ1n) is 10.7. The van der Waals surface area contributed by atoms with Crippen LogP contribution in [-0.2, 0) is 14.4 Å². The van der Waals surface area contributed by atoms with Gasteiger partial charge >= 0.3 is 24.3 Å². The van der Waals surface area contributed by atoms with Crippen molar-refractivity contribution in [1.29, 1.82) is 0 Å². The van der Waals surface area contributed by atoms with Gasteiger partial charge in [-0.1, -0.05) is 0 Å². The molecule has 200 valence electrons. The molecular weight excluding hydrogens is 476 g/mol. The summed E-state index contributed by atoms with van der Waals surface area (Å²) in [6, 6.07) is 1.43. The van der Waals surface area contributed by atoms with Crippen molar-refractivity contribution in [3.05, 3.63) is 0 Å². The van der Waals surface area contributed by atoms with E-state index in [1.54, 1.807) is 4.90 Å². The number of aliphatic carboxylic acids is 2. The van der Waals surface area contributed by atoms with Crippen molar-refractivity contribution in [2.75, 3.05) is 40.3 Å². The topological polar surface area (TPSA) is 101 Å². The number of hydrogen-bond acceptors (Lipinski definition) is 5. The second-order valence-electron chi connectivity index (χ2n) is 8.51. The van der Waals surface area contributed by atoms with Crippen LogP contribution in [0.4, 0.5) is 26.3 Å². The van der Waals surface area contributed by atoms with Crippen LogP contribution in [-0.4, -0.2) is 107 Å².